The highest BCUT2D eigenvalue weighted by molar-refractivity contribution is 7.99. The van der Waals surface area contributed by atoms with Gasteiger partial charge in [-0.05, 0) is 42.6 Å². The van der Waals surface area contributed by atoms with E-state index >= 15 is 0 Å². The number of thioether (sulfide) groups is 1. The van der Waals surface area contributed by atoms with Gasteiger partial charge in [0, 0.05) is 29.2 Å². The van der Waals surface area contributed by atoms with Gasteiger partial charge < -0.3 is 5.32 Å². The van der Waals surface area contributed by atoms with Crippen LogP contribution in [0.2, 0.25) is 0 Å². The third-order valence-electron chi connectivity index (χ3n) is 3.08. The van der Waals surface area contributed by atoms with Crippen LogP contribution in [0, 0.1) is 0 Å². The van der Waals surface area contributed by atoms with E-state index in [0.717, 1.165) is 17.9 Å². The molecule has 0 bridgehead atoms. The summed E-state index contributed by atoms with van der Waals surface area (Å²) >= 11 is 1.87. The van der Waals surface area contributed by atoms with Crippen LogP contribution in [-0.4, -0.2) is 17.8 Å². The standard InChI is InChI=1S/C16H20N2S/c1-3-19-15-9-7-13(8-10-15)16(17-2)12-14-6-4-5-11-18-14/h4-11,16-17H,3,12H2,1-2H3. The number of rotatable bonds is 6. The van der Waals surface area contributed by atoms with Gasteiger partial charge in [0.25, 0.3) is 0 Å². The van der Waals surface area contributed by atoms with Crippen molar-refractivity contribution >= 4 is 11.8 Å². The van der Waals surface area contributed by atoms with E-state index in [1.807, 2.05) is 37.1 Å². The summed E-state index contributed by atoms with van der Waals surface area (Å²) in [6.45, 7) is 2.18. The lowest BCUT2D eigenvalue weighted by molar-refractivity contribution is 0.584. The summed E-state index contributed by atoms with van der Waals surface area (Å²) in [7, 11) is 2.00. The first kappa shape index (κ1) is 14.1. The number of aromatic nitrogens is 1. The Morgan fingerprint density at radius 3 is 2.53 bits per heavy atom. The fourth-order valence-corrected chi connectivity index (χ4v) is 2.74. The lowest BCUT2D eigenvalue weighted by Crippen LogP contribution is -2.19. The molecule has 1 unspecified atom stereocenters. The molecule has 1 heterocycles. The highest BCUT2D eigenvalue weighted by atomic mass is 32.2. The van der Waals surface area contributed by atoms with E-state index in [0.29, 0.717) is 6.04 Å². The maximum atomic E-state index is 4.39. The average Bonchev–Trinajstić information content (AvgIpc) is 2.47. The summed E-state index contributed by atoms with van der Waals surface area (Å²) in [5.41, 5.74) is 2.43. The van der Waals surface area contributed by atoms with Crippen LogP contribution in [0.25, 0.3) is 0 Å². The van der Waals surface area contributed by atoms with Crippen molar-refractivity contribution in [3.05, 3.63) is 59.9 Å². The third-order valence-corrected chi connectivity index (χ3v) is 3.98. The molecule has 0 saturated heterocycles. The summed E-state index contributed by atoms with van der Waals surface area (Å²) in [6.07, 6.45) is 2.76. The molecular weight excluding hydrogens is 252 g/mol. The van der Waals surface area contributed by atoms with E-state index in [9.17, 15) is 0 Å². The molecule has 0 amide bonds. The number of likely N-dealkylation sites (N-methyl/N-ethyl adjacent to an activating group) is 1. The molecule has 1 N–H and O–H groups in total. The number of pyridine rings is 1. The van der Waals surface area contributed by atoms with Gasteiger partial charge in [0.05, 0.1) is 0 Å². The van der Waals surface area contributed by atoms with Crippen LogP contribution >= 0.6 is 11.8 Å². The van der Waals surface area contributed by atoms with E-state index in [1.165, 1.54) is 10.5 Å². The monoisotopic (exact) mass is 272 g/mol. The van der Waals surface area contributed by atoms with Gasteiger partial charge in [-0.25, -0.2) is 0 Å². The first-order chi connectivity index (χ1) is 9.33. The predicted molar refractivity (Wildman–Crippen MR) is 82.6 cm³/mol. The Morgan fingerprint density at radius 1 is 1.16 bits per heavy atom. The molecule has 0 aliphatic carbocycles. The van der Waals surface area contributed by atoms with Gasteiger partial charge in [-0.1, -0.05) is 25.1 Å². The zero-order valence-corrected chi connectivity index (χ0v) is 12.3. The Labute approximate surface area is 119 Å². The van der Waals surface area contributed by atoms with Gasteiger partial charge >= 0.3 is 0 Å². The van der Waals surface area contributed by atoms with Crippen molar-refractivity contribution in [2.75, 3.05) is 12.8 Å². The van der Waals surface area contributed by atoms with Crippen molar-refractivity contribution < 1.29 is 0 Å². The summed E-state index contributed by atoms with van der Waals surface area (Å²) in [5, 5.41) is 3.37. The van der Waals surface area contributed by atoms with Crippen molar-refractivity contribution in [3.63, 3.8) is 0 Å². The fraction of sp³-hybridized carbons (Fsp3) is 0.312. The van der Waals surface area contributed by atoms with E-state index in [4.69, 9.17) is 0 Å². The molecule has 2 nitrogen and oxygen atoms in total. The quantitative estimate of drug-likeness (QED) is 0.812. The van der Waals surface area contributed by atoms with E-state index in [-0.39, 0.29) is 0 Å². The number of hydrogen-bond donors (Lipinski definition) is 1. The predicted octanol–water partition coefficient (Wildman–Crippen LogP) is 3.70. The topological polar surface area (TPSA) is 24.9 Å². The Kier molecular flexibility index (Phi) is 5.43. The molecule has 1 aromatic heterocycles. The molecule has 0 saturated carbocycles. The third kappa shape index (κ3) is 4.08. The molecule has 0 aliphatic heterocycles. The maximum absolute atomic E-state index is 4.39. The molecule has 19 heavy (non-hydrogen) atoms. The van der Waals surface area contributed by atoms with Crippen molar-refractivity contribution in [2.45, 2.75) is 24.3 Å². The molecule has 3 heteroatoms. The Bertz CT molecular complexity index is 482. The molecule has 2 aromatic rings. The second-order valence-electron chi connectivity index (χ2n) is 4.37. The Balaban J connectivity index is 2.08. The minimum Gasteiger partial charge on any atom is -0.313 e. The van der Waals surface area contributed by atoms with E-state index in [2.05, 4.69) is 47.6 Å². The average molecular weight is 272 g/mol. The first-order valence-corrected chi connectivity index (χ1v) is 7.62. The molecule has 1 aromatic carbocycles. The largest absolute Gasteiger partial charge is 0.313 e. The summed E-state index contributed by atoms with van der Waals surface area (Å²) < 4.78 is 0. The summed E-state index contributed by atoms with van der Waals surface area (Å²) in [6, 6.07) is 15.2. The highest BCUT2D eigenvalue weighted by Gasteiger charge is 2.10. The van der Waals surface area contributed by atoms with Crippen LogP contribution in [0.1, 0.15) is 24.2 Å². The SMILES string of the molecule is CCSc1ccc(C(Cc2ccccn2)NC)cc1. The van der Waals surface area contributed by atoms with Crippen LogP contribution in [-0.2, 0) is 6.42 Å². The molecule has 0 spiro atoms. The minimum absolute atomic E-state index is 0.315. The molecule has 2 rings (SSSR count). The van der Waals surface area contributed by atoms with Gasteiger partial charge in [-0.15, -0.1) is 11.8 Å². The van der Waals surface area contributed by atoms with Crippen LogP contribution in [0.15, 0.2) is 53.6 Å². The molecule has 0 aliphatic rings. The van der Waals surface area contributed by atoms with Crippen LogP contribution < -0.4 is 5.32 Å². The Hall–Kier alpha value is -1.32. The van der Waals surface area contributed by atoms with E-state index in [1.54, 1.807) is 0 Å². The molecule has 1 atom stereocenters. The second-order valence-corrected chi connectivity index (χ2v) is 5.71. The highest BCUT2D eigenvalue weighted by Crippen LogP contribution is 2.22. The number of nitrogens with zero attached hydrogens (tertiary/aromatic N) is 1. The van der Waals surface area contributed by atoms with Crippen molar-refractivity contribution in [3.8, 4) is 0 Å². The smallest absolute Gasteiger partial charge is 0.0422 e. The van der Waals surface area contributed by atoms with Gasteiger partial charge in [-0.2, -0.15) is 0 Å². The maximum Gasteiger partial charge on any atom is 0.0422 e. The molecule has 100 valence electrons. The number of benzene rings is 1. The molecule has 0 radical (unpaired) electrons. The first-order valence-electron chi connectivity index (χ1n) is 6.63. The minimum atomic E-state index is 0.315. The number of nitrogens with one attached hydrogen (secondary N) is 1. The zero-order chi connectivity index (χ0) is 13.5. The van der Waals surface area contributed by atoms with Crippen molar-refractivity contribution in [2.24, 2.45) is 0 Å². The van der Waals surface area contributed by atoms with Gasteiger partial charge in [0.1, 0.15) is 0 Å². The van der Waals surface area contributed by atoms with Gasteiger partial charge in [-0.3, -0.25) is 4.98 Å². The fourth-order valence-electron chi connectivity index (χ4n) is 2.08. The van der Waals surface area contributed by atoms with Crippen LogP contribution in [0.3, 0.4) is 0 Å². The van der Waals surface area contributed by atoms with Crippen molar-refractivity contribution in [1.82, 2.24) is 10.3 Å². The second kappa shape index (κ2) is 7.31. The van der Waals surface area contributed by atoms with Crippen LogP contribution in [0.4, 0.5) is 0 Å². The summed E-state index contributed by atoms with van der Waals surface area (Å²) in [4.78, 5) is 5.73. The lowest BCUT2D eigenvalue weighted by Gasteiger charge is -2.16. The van der Waals surface area contributed by atoms with Crippen LogP contribution in [0.5, 0.6) is 0 Å². The van der Waals surface area contributed by atoms with Crippen molar-refractivity contribution in [1.29, 1.82) is 0 Å². The Morgan fingerprint density at radius 2 is 1.95 bits per heavy atom. The van der Waals surface area contributed by atoms with Gasteiger partial charge in [0.2, 0.25) is 0 Å². The molecular formula is C16H20N2S. The number of hydrogen-bond acceptors (Lipinski definition) is 3. The molecule has 0 fully saturated rings. The van der Waals surface area contributed by atoms with E-state index < -0.39 is 0 Å². The summed E-state index contributed by atoms with van der Waals surface area (Å²) in [5.74, 6) is 1.11. The van der Waals surface area contributed by atoms with Gasteiger partial charge in [0.15, 0.2) is 0 Å². The lowest BCUT2D eigenvalue weighted by atomic mass is 10.0. The zero-order valence-electron chi connectivity index (χ0n) is 11.5. The normalized spacial score (nSPS) is 12.3.